The number of carbonyl (C=O) groups excluding carboxylic acids is 3. The van der Waals surface area contributed by atoms with E-state index >= 15 is 0 Å². The molecule has 6 aromatic carbocycles. The van der Waals surface area contributed by atoms with Gasteiger partial charge in [0, 0.05) is 44.0 Å². The molecule has 66 heavy (non-hydrogen) atoms. The van der Waals surface area contributed by atoms with Crippen LogP contribution in [0.2, 0.25) is 0 Å². The summed E-state index contributed by atoms with van der Waals surface area (Å²) in [5, 5.41) is 5.95. The fourth-order valence-corrected chi connectivity index (χ4v) is 10.4. The summed E-state index contributed by atoms with van der Waals surface area (Å²) in [5.41, 5.74) is -1.78. The van der Waals surface area contributed by atoms with Crippen molar-refractivity contribution in [2.45, 2.75) is 29.4 Å². The minimum atomic E-state index is -5.45. The molecule has 348 valence electrons. The normalized spacial score (nSPS) is 12.7. The van der Waals surface area contributed by atoms with Gasteiger partial charge in [-0.2, -0.15) is 50.5 Å². The fraction of sp³-hybridized carbons (Fsp3) is 0. The standard InChI is InChI=1S/C35H26N4O21S6/c40-33(38-25-7-9-27(63(49,50)51)23-13-21(61(43,44)45)15-29(31(23)25)65(55,56)57)17-3-1-5-19(11-17)36-35(42)37-20-6-2-4-18(12-20)34(41)39-26-8-10-28(64(52,53)54)24-14-22(62(46,47)48)16-30(32(24)26)66(58,59)60/h1-16H,(H,38,40)(H,39,41)(H2,36,37,42)(H,43,44,45)(H,46,47,48)(H,49,50,51)(H,52,53,54)(H,55,56,57)(H,58,59,60). The molecule has 0 aliphatic rings. The molecule has 0 atom stereocenters. The molecule has 10 N–H and O–H groups in total. The maximum Gasteiger partial charge on any atom is 0.323 e. The van der Waals surface area contributed by atoms with Crippen LogP contribution in [-0.2, 0) is 60.7 Å². The Morgan fingerprint density at radius 3 is 1.00 bits per heavy atom. The van der Waals surface area contributed by atoms with Crippen molar-refractivity contribution >= 4 is 123 Å². The maximum atomic E-state index is 13.4. The van der Waals surface area contributed by atoms with Gasteiger partial charge in [-0.25, -0.2) is 4.79 Å². The van der Waals surface area contributed by atoms with Crippen LogP contribution in [0.25, 0.3) is 21.5 Å². The Kier molecular flexibility index (Phi) is 12.7. The molecule has 4 amide bonds. The fourth-order valence-electron chi connectivity index (χ4n) is 6.31. The van der Waals surface area contributed by atoms with Gasteiger partial charge in [0.2, 0.25) is 0 Å². The molecule has 0 bridgehead atoms. The highest BCUT2D eigenvalue weighted by molar-refractivity contribution is 7.88. The number of hydrogen-bond donors (Lipinski definition) is 10. The maximum absolute atomic E-state index is 13.4. The van der Waals surface area contributed by atoms with E-state index in [-0.39, 0.29) is 34.6 Å². The SMILES string of the molecule is O=C(Nc1cccc(C(=O)Nc2ccc(S(=O)(=O)O)c3cc(S(=O)(=O)O)cc(S(=O)(=O)O)c23)c1)Nc1cccc(C(=O)Nc2ccc(S(=O)(=O)O)c3cc(S(=O)(=O)O)cc(S(=O)(=O)O)c23)c1. The zero-order valence-corrected chi connectivity index (χ0v) is 36.9. The number of hydrogen-bond acceptors (Lipinski definition) is 15. The van der Waals surface area contributed by atoms with Crippen LogP contribution in [0.5, 0.6) is 0 Å². The van der Waals surface area contributed by atoms with Gasteiger partial charge in [-0.1, -0.05) is 12.1 Å². The van der Waals surface area contributed by atoms with E-state index in [0.29, 0.717) is 24.3 Å². The van der Waals surface area contributed by atoms with Crippen molar-refractivity contribution in [2.24, 2.45) is 0 Å². The Morgan fingerprint density at radius 2 is 0.697 bits per heavy atom. The van der Waals surface area contributed by atoms with Crippen molar-refractivity contribution in [3.63, 3.8) is 0 Å². The predicted octanol–water partition coefficient (Wildman–Crippen LogP) is 3.62. The largest absolute Gasteiger partial charge is 0.323 e. The Balaban J connectivity index is 1.26. The highest BCUT2D eigenvalue weighted by Crippen LogP contribution is 2.39. The molecule has 0 fully saturated rings. The first-order chi connectivity index (χ1) is 30.2. The number of carbonyl (C=O) groups is 3. The quantitative estimate of drug-likeness (QED) is 0.0782. The average Bonchev–Trinajstić information content (AvgIpc) is 3.17. The molecule has 0 saturated carbocycles. The van der Waals surface area contributed by atoms with Gasteiger partial charge < -0.3 is 21.3 Å². The topological polar surface area (TPSA) is 426 Å². The first-order valence-corrected chi connectivity index (χ1v) is 25.8. The van der Waals surface area contributed by atoms with Gasteiger partial charge in [0.15, 0.2) is 0 Å². The van der Waals surface area contributed by atoms with E-state index < -0.39 is 141 Å². The summed E-state index contributed by atoms with van der Waals surface area (Å²) < 4.78 is 204. The number of urea groups is 1. The van der Waals surface area contributed by atoms with E-state index in [4.69, 9.17) is 0 Å². The van der Waals surface area contributed by atoms with Gasteiger partial charge in [0.1, 0.15) is 19.6 Å². The Hall–Kier alpha value is -6.49. The van der Waals surface area contributed by atoms with E-state index in [1.54, 1.807) is 0 Å². The molecule has 0 radical (unpaired) electrons. The van der Waals surface area contributed by atoms with Crippen LogP contribution in [0, 0.1) is 0 Å². The van der Waals surface area contributed by atoms with Crippen LogP contribution in [0.1, 0.15) is 20.7 Å². The van der Waals surface area contributed by atoms with Crippen LogP contribution in [0.3, 0.4) is 0 Å². The lowest BCUT2D eigenvalue weighted by molar-refractivity contribution is 0.101. The van der Waals surface area contributed by atoms with Crippen LogP contribution in [-0.4, -0.2) is 95.7 Å². The Bertz CT molecular complexity index is 3580. The molecule has 0 spiro atoms. The number of anilines is 4. The summed E-state index contributed by atoms with van der Waals surface area (Å²) in [6.07, 6.45) is 0. The van der Waals surface area contributed by atoms with Crippen LogP contribution >= 0.6 is 0 Å². The minimum Gasteiger partial charge on any atom is -0.321 e. The molecular formula is C35H26N4O21S6. The zero-order valence-electron chi connectivity index (χ0n) is 32.0. The van der Waals surface area contributed by atoms with E-state index in [0.717, 1.165) is 24.3 Å². The van der Waals surface area contributed by atoms with Crippen LogP contribution < -0.4 is 21.3 Å². The third-order valence-corrected chi connectivity index (χ3v) is 14.2. The number of rotatable bonds is 12. The van der Waals surface area contributed by atoms with Crippen molar-refractivity contribution in [3.05, 3.63) is 108 Å². The number of benzene rings is 6. The van der Waals surface area contributed by atoms with Gasteiger partial charge >= 0.3 is 6.03 Å². The zero-order chi connectivity index (χ0) is 49.1. The lowest BCUT2D eigenvalue weighted by atomic mass is 10.1. The van der Waals surface area contributed by atoms with Gasteiger partial charge in [-0.3, -0.25) is 36.9 Å². The highest BCUT2D eigenvalue weighted by atomic mass is 32.2. The summed E-state index contributed by atoms with van der Waals surface area (Å²) >= 11 is 0. The van der Waals surface area contributed by atoms with Crippen molar-refractivity contribution in [1.82, 2.24) is 0 Å². The van der Waals surface area contributed by atoms with Gasteiger partial charge in [0.05, 0.1) is 21.2 Å². The van der Waals surface area contributed by atoms with Crippen LogP contribution in [0.15, 0.2) is 126 Å². The Labute approximate surface area is 372 Å². The molecular weight excluding hydrogens is 1000 g/mol. The summed E-state index contributed by atoms with van der Waals surface area (Å²) in [6.45, 7) is 0. The highest BCUT2D eigenvalue weighted by Gasteiger charge is 2.29. The molecule has 6 rings (SSSR count). The number of amides is 4. The van der Waals surface area contributed by atoms with Gasteiger partial charge in [-0.05, 0) is 84.9 Å². The summed E-state index contributed by atoms with van der Waals surface area (Å²) in [7, 11) is -31.9. The van der Waals surface area contributed by atoms with Crippen molar-refractivity contribution in [2.75, 3.05) is 21.3 Å². The van der Waals surface area contributed by atoms with Crippen molar-refractivity contribution in [3.8, 4) is 0 Å². The lowest BCUT2D eigenvalue weighted by Gasteiger charge is -2.15. The lowest BCUT2D eigenvalue weighted by Crippen LogP contribution is -2.20. The van der Waals surface area contributed by atoms with E-state index in [1.165, 1.54) is 36.4 Å². The molecule has 6 aromatic rings. The van der Waals surface area contributed by atoms with Crippen molar-refractivity contribution < 1.29 is 92.2 Å². The molecule has 0 aliphatic heterocycles. The van der Waals surface area contributed by atoms with Gasteiger partial charge in [0.25, 0.3) is 72.5 Å². The molecule has 0 saturated heterocycles. The first-order valence-electron chi connectivity index (χ1n) is 17.2. The van der Waals surface area contributed by atoms with Crippen molar-refractivity contribution in [1.29, 1.82) is 0 Å². The minimum absolute atomic E-state index is 0.0796. The Morgan fingerprint density at radius 1 is 0.364 bits per heavy atom. The summed E-state index contributed by atoms with van der Waals surface area (Å²) in [6, 6.07) is 13.1. The molecule has 31 heteroatoms. The molecule has 0 heterocycles. The molecule has 0 unspecified atom stereocenters. The molecule has 25 nitrogen and oxygen atoms in total. The first kappa shape index (κ1) is 49.0. The van der Waals surface area contributed by atoms with E-state index in [1.807, 2.05) is 0 Å². The van der Waals surface area contributed by atoms with Gasteiger partial charge in [-0.15, -0.1) is 0 Å². The van der Waals surface area contributed by atoms with Crippen LogP contribution in [0.4, 0.5) is 27.5 Å². The van der Waals surface area contributed by atoms with E-state index in [2.05, 4.69) is 21.3 Å². The summed E-state index contributed by atoms with van der Waals surface area (Å²) in [5.74, 6) is -2.14. The smallest absolute Gasteiger partial charge is 0.321 e. The number of nitrogens with one attached hydrogen (secondary N) is 4. The predicted molar refractivity (Wildman–Crippen MR) is 228 cm³/mol. The second-order valence-electron chi connectivity index (χ2n) is 13.4. The average molecular weight is 1030 g/mol. The second-order valence-corrected chi connectivity index (χ2v) is 21.8. The summed E-state index contributed by atoms with van der Waals surface area (Å²) in [4.78, 5) is 32.8. The number of fused-ring (bicyclic) bond motifs is 2. The third-order valence-electron chi connectivity index (χ3n) is 8.99. The monoisotopic (exact) mass is 1030 g/mol. The molecule has 0 aromatic heterocycles. The molecule has 0 aliphatic carbocycles. The van der Waals surface area contributed by atoms with E-state index in [9.17, 15) is 92.2 Å². The second kappa shape index (κ2) is 17.1. The third kappa shape index (κ3) is 10.6.